The average Bonchev–Trinajstić information content (AvgIpc) is 2.71. The van der Waals surface area contributed by atoms with E-state index in [1.54, 1.807) is 39.2 Å². The number of aromatic nitrogens is 1. The third-order valence-corrected chi connectivity index (χ3v) is 6.98. The summed E-state index contributed by atoms with van der Waals surface area (Å²) in [6.07, 6.45) is 0. The van der Waals surface area contributed by atoms with Crippen molar-refractivity contribution in [1.82, 2.24) is 15.6 Å². The number of rotatable bonds is 5. The van der Waals surface area contributed by atoms with Crippen LogP contribution in [0.1, 0.15) is 36.3 Å². The van der Waals surface area contributed by atoms with E-state index in [1.807, 2.05) is 13.8 Å². The van der Waals surface area contributed by atoms with Crippen molar-refractivity contribution < 1.29 is 8.42 Å². The summed E-state index contributed by atoms with van der Waals surface area (Å²) >= 11 is 1.65. The highest BCUT2D eigenvalue weighted by Gasteiger charge is 2.28. The number of hydrogen-bond donors (Lipinski definition) is 2. The second-order valence-electron chi connectivity index (χ2n) is 6.03. The van der Waals surface area contributed by atoms with Crippen LogP contribution in [0, 0.1) is 13.8 Å². The number of sulfone groups is 1. The van der Waals surface area contributed by atoms with Crippen LogP contribution < -0.4 is 10.6 Å². The van der Waals surface area contributed by atoms with Gasteiger partial charge >= 0.3 is 0 Å². The fraction of sp³-hybridized carbons (Fsp3) is 0.714. The molecule has 0 aliphatic heterocycles. The van der Waals surface area contributed by atoms with Crippen LogP contribution in [0.3, 0.4) is 0 Å². The van der Waals surface area contributed by atoms with Gasteiger partial charge in [0, 0.05) is 18.5 Å². The summed E-state index contributed by atoms with van der Waals surface area (Å²) in [6, 6.07) is 0. The number of hydrogen-bond acceptors (Lipinski definition) is 5. The first-order chi connectivity index (χ1) is 10.1. The number of nitrogens with one attached hydrogen (secondary N) is 2. The van der Waals surface area contributed by atoms with Gasteiger partial charge in [-0.2, -0.15) is 0 Å². The molecule has 0 saturated carbocycles. The maximum absolute atomic E-state index is 12.0. The van der Waals surface area contributed by atoms with Crippen LogP contribution in [-0.2, 0) is 16.4 Å². The number of halogens is 1. The fourth-order valence-electron chi connectivity index (χ4n) is 1.60. The first kappa shape index (κ1) is 22.6. The van der Waals surface area contributed by atoms with Crippen LogP contribution in [0.25, 0.3) is 0 Å². The second-order valence-corrected chi connectivity index (χ2v) is 10.2. The van der Waals surface area contributed by atoms with Crippen molar-refractivity contribution in [2.75, 3.05) is 19.3 Å². The highest BCUT2D eigenvalue weighted by Crippen LogP contribution is 2.16. The van der Waals surface area contributed by atoms with Crippen molar-refractivity contribution >= 4 is 51.1 Å². The Morgan fingerprint density at radius 2 is 1.87 bits per heavy atom. The van der Waals surface area contributed by atoms with E-state index in [2.05, 4.69) is 20.6 Å². The Morgan fingerprint density at radius 3 is 2.30 bits per heavy atom. The summed E-state index contributed by atoms with van der Waals surface area (Å²) in [6.45, 7) is 10.1. The van der Waals surface area contributed by atoms with Gasteiger partial charge in [0.05, 0.1) is 22.7 Å². The molecule has 134 valence electrons. The van der Waals surface area contributed by atoms with E-state index in [0.29, 0.717) is 19.0 Å². The van der Waals surface area contributed by atoms with Crippen LogP contribution in [0.2, 0.25) is 0 Å². The molecule has 0 unspecified atom stereocenters. The van der Waals surface area contributed by atoms with Crippen molar-refractivity contribution in [3.8, 4) is 0 Å². The van der Waals surface area contributed by atoms with Gasteiger partial charge < -0.3 is 10.6 Å². The molecular weight excluding hydrogens is 447 g/mol. The number of nitrogens with zero attached hydrogens (tertiary/aromatic N) is 2. The molecule has 0 aliphatic carbocycles. The van der Waals surface area contributed by atoms with Gasteiger partial charge in [0.15, 0.2) is 15.8 Å². The largest absolute Gasteiger partial charge is 0.355 e. The summed E-state index contributed by atoms with van der Waals surface area (Å²) in [5.74, 6) is 0.654. The molecule has 0 amide bonds. The highest BCUT2D eigenvalue weighted by molar-refractivity contribution is 14.0. The van der Waals surface area contributed by atoms with Crippen LogP contribution in [-0.4, -0.2) is 43.5 Å². The number of guanidine groups is 1. The topological polar surface area (TPSA) is 83.5 Å². The zero-order chi connectivity index (χ0) is 17.0. The molecule has 0 aromatic carbocycles. The Morgan fingerprint density at radius 1 is 1.26 bits per heavy atom. The van der Waals surface area contributed by atoms with Gasteiger partial charge in [-0.3, -0.25) is 4.99 Å². The van der Waals surface area contributed by atoms with Crippen LogP contribution in [0.4, 0.5) is 0 Å². The van der Waals surface area contributed by atoms with Crippen LogP contribution in [0.15, 0.2) is 4.99 Å². The lowest BCUT2D eigenvalue weighted by Gasteiger charge is -2.19. The number of aliphatic imine (C=N–C) groups is 1. The molecule has 2 N–H and O–H groups in total. The maximum atomic E-state index is 12.0. The predicted octanol–water partition coefficient (Wildman–Crippen LogP) is 2.26. The van der Waals surface area contributed by atoms with Gasteiger partial charge in [0.1, 0.15) is 5.01 Å². The summed E-state index contributed by atoms with van der Waals surface area (Å²) in [5, 5.41) is 7.16. The molecule has 0 aliphatic rings. The van der Waals surface area contributed by atoms with Crippen molar-refractivity contribution in [3.05, 3.63) is 15.6 Å². The fourth-order valence-corrected chi connectivity index (χ4v) is 3.46. The summed E-state index contributed by atoms with van der Waals surface area (Å²) < 4.78 is 23.3. The molecule has 1 aromatic heterocycles. The van der Waals surface area contributed by atoms with E-state index in [1.165, 1.54) is 4.88 Å². The normalized spacial score (nSPS) is 12.7. The quantitative estimate of drug-likeness (QED) is 0.389. The van der Waals surface area contributed by atoms with Crippen molar-refractivity contribution in [2.45, 2.75) is 45.9 Å². The minimum Gasteiger partial charge on any atom is -0.355 e. The zero-order valence-electron chi connectivity index (χ0n) is 14.6. The maximum Gasteiger partial charge on any atom is 0.191 e. The molecule has 0 saturated heterocycles. The predicted molar refractivity (Wildman–Crippen MR) is 109 cm³/mol. The molecule has 1 rings (SSSR count). The van der Waals surface area contributed by atoms with Crippen molar-refractivity contribution in [3.63, 3.8) is 0 Å². The summed E-state index contributed by atoms with van der Waals surface area (Å²) in [4.78, 5) is 9.74. The van der Waals surface area contributed by atoms with E-state index >= 15 is 0 Å². The van der Waals surface area contributed by atoms with E-state index in [4.69, 9.17) is 0 Å². The SMILES string of the molecule is CN=C(NCCS(=O)(=O)C(C)(C)C)NCc1nc(C)c(C)s1.I. The standard InChI is InChI=1S/C14H26N4O2S2.HI/c1-10-11(2)21-12(18-10)9-17-13(15-6)16-7-8-22(19,20)14(3,4)5;/h7-9H2,1-6H3,(H2,15,16,17);1H. The Kier molecular flexibility index (Phi) is 9.00. The van der Waals surface area contributed by atoms with Gasteiger partial charge in [0.2, 0.25) is 0 Å². The molecule has 0 atom stereocenters. The Bertz CT molecular complexity index is 614. The van der Waals surface area contributed by atoms with Crippen molar-refractivity contribution in [1.29, 1.82) is 0 Å². The Hall–Kier alpha value is -0.420. The van der Waals surface area contributed by atoms with Gasteiger partial charge in [-0.1, -0.05) is 0 Å². The minimum absolute atomic E-state index is 0. The second kappa shape index (κ2) is 9.16. The molecule has 23 heavy (non-hydrogen) atoms. The Labute approximate surface area is 160 Å². The first-order valence-corrected chi connectivity index (χ1v) is 9.63. The third-order valence-electron chi connectivity index (χ3n) is 3.30. The molecule has 1 aromatic rings. The van der Waals surface area contributed by atoms with Crippen LogP contribution in [0.5, 0.6) is 0 Å². The van der Waals surface area contributed by atoms with E-state index in [-0.39, 0.29) is 29.7 Å². The number of aryl methyl sites for hydroxylation is 2. The van der Waals surface area contributed by atoms with E-state index in [0.717, 1.165) is 10.7 Å². The molecule has 9 heteroatoms. The molecule has 0 radical (unpaired) electrons. The van der Waals surface area contributed by atoms with E-state index in [9.17, 15) is 8.42 Å². The Balaban J connectivity index is 0.00000484. The van der Waals surface area contributed by atoms with Gasteiger partial charge in [-0.15, -0.1) is 35.3 Å². The molecule has 1 heterocycles. The first-order valence-electron chi connectivity index (χ1n) is 7.16. The molecule has 0 bridgehead atoms. The van der Waals surface area contributed by atoms with Gasteiger partial charge in [-0.05, 0) is 34.6 Å². The van der Waals surface area contributed by atoms with Gasteiger partial charge in [0.25, 0.3) is 0 Å². The molecule has 0 fully saturated rings. The van der Waals surface area contributed by atoms with Crippen LogP contribution >= 0.6 is 35.3 Å². The average molecular weight is 474 g/mol. The highest BCUT2D eigenvalue weighted by atomic mass is 127. The molecular formula is C14H27IN4O2S2. The molecule has 0 spiro atoms. The number of thiazole rings is 1. The lowest BCUT2D eigenvalue weighted by atomic mass is 10.3. The lowest BCUT2D eigenvalue weighted by Crippen LogP contribution is -2.41. The summed E-state index contributed by atoms with van der Waals surface area (Å²) in [5.41, 5.74) is 1.04. The third kappa shape index (κ3) is 6.92. The minimum atomic E-state index is -3.13. The zero-order valence-corrected chi connectivity index (χ0v) is 18.5. The van der Waals surface area contributed by atoms with Crippen molar-refractivity contribution in [2.24, 2.45) is 4.99 Å². The monoisotopic (exact) mass is 474 g/mol. The molecule has 6 nitrogen and oxygen atoms in total. The van der Waals surface area contributed by atoms with E-state index < -0.39 is 14.6 Å². The lowest BCUT2D eigenvalue weighted by molar-refractivity contribution is 0.559. The summed E-state index contributed by atoms with van der Waals surface area (Å²) in [7, 11) is -1.47. The van der Waals surface area contributed by atoms with Gasteiger partial charge in [-0.25, -0.2) is 13.4 Å². The smallest absolute Gasteiger partial charge is 0.191 e.